The van der Waals surface area contributed by atoms with Gasteiger partial charge in [-0.3, -0.25) is 9.59 Å². The number of nitrogens with zero attached hydrogens (tertiary/aromatic N) is 1. The Balaban J connectivity index is 2.07. The van der Waals surface area contributed by atoms with Crippen LogP contribution in [0, 0.1) is 11.6 Å². The van der Waals surface area contributed by atoms with Crippen molar-refractivity contribution in [2.45, 2.75) is 25.9 Å². The number of halogens is 2. The average molecular weight is 350 g/mol. The van der Waals surface area contributed by atoms with Crippen LogP contribution < -0.4 is 10.9 Å². The molecule has 1 atom stereocenters. The molecule has 0 unspecified atom stereocenters. The Labute approximate surface area is 144 Å². The van der Waals surface area contributed by atoms with E-state index < -0.39 is 23.6 Å². The molecule has 25 heavy (non-hydrogen) atoms. The summed E-state index contributed by atoms with van der Waals surface area (Å²) in [6.45, 7) is 2.32. The topological polar surface area (TPSA) is 60.3 Å². The predicted molar refractivity (Wildman–Crippen MR) is 89.6 cm³/mol. The Morgan fingerprint density at radius 3 is 2.56 bits per heavy atom. The zero-order chi connectivity index (χ0) is 18.4. The monoisotopic (exact) mass is 350 g/mol. The molecule has 5 nitrogen and oxygen atoms in total. The van der Waals surface area contributed by atoms with Crippen molar-refractivity contribution < 1.29 is 18.3 Å². The third-order valence-electron chi connectivity index (χ3n) is 3.73. The van der Waals surface area contributed by atoms with Gasteiger partial charge in [-0.15, -0.1) is 0 Å². The second-order valence-electron chi connectivity index (χ2n) is 5.72. The van der Waals surface area contributed by atoms with E-state index in [1.54, 1.807) is 6.92 Å². The fourth-order valence-electron chi connectivity index (χ4n) is 2.42. The molecule has 0 spiro atoms. The molecule has 2 rings (SSSR count). The number of amides is 1. The molecule has 134 valence electrons. The molecule has 1 N–H and O–H groups in total. The van der Waals surface area contributed by atoms with Crippen molar-refractivity contribution in [3.05, 3.63) is 69.6 Å². The quantitative estimate of drug-likeness (QED) is 0.832. The summed E-state index contributed by atoms with van der Waals surface area (Å²) in [6, 6.07) is 5.87. The molecule has 0 aliphatic heterocycles. The standard InChI is InChI=1S/C18H20F2N2O3/c1-12(10-14-15(19)4-3-5-16(14)20)21-18(24)13-6-7-17(23)22(11-13)8-9-25-2/h3-7,11-12H,8-10H2,1-2H3,(H,21,24)/t12-/m0/s1. The van der Waals surface area contributed by atoms with Crippen LogP contribution in [0.2, 0.25) is 0 Å². The van der Waals surface area contributed by atoms with E-state index in [0.717, 1.165) is 0 Å². The van der Waals surface area contributed by atoms with Crippen LogP contribution in [0.15, 0.2) is 41.3 Å². The third-order valence-corrected chi connectivity index (χ3v) is 3.73. The van der Waals surface area contributed by atoms with Crippen LogP contribution in [-0.4, -0.2) is 30.2 Å². The number of hydrogen-bond acceptors (Lipinski definition) is 3. The van der Waals surface area contributed by atoms with E-state index in [1.165, 1.54) is 48.2 Å². The fourth-order valence-corrected chi connectivity index (χ4v) is 2.42. The largest absolute Gasteiger partial charge is 0.383 e. The first-order chi connectivity index (χ1) is 11.9. The van der Waals surface area contributed by atoms with Gasteiger partial charge in [0, 0.05) is 37.5 Å². The number of ether oxygens (including phenoxy) is 1. The van der Waals surface area contributed by atoms with Gasteiger partial charge in [-0.05, 0) is 31.5 Å². The summed E-state index contributed by atoms with van der Waals surface area (Å²) in [6.07, 6.45) is 1.46. The minimum Gasteiger partial charge on any atom is -0.383 e. The number of nitrogens with one attached hydrogen (secondary N) is 1. The molecule has 0 aliphatic carbocycles. The van der Waals surface area contributed by atoms with Gasteiger partial charge in [-0.25, -0.2) is 8.78 Å². The number of carbonyl (C=O) groups excluding carboxylic acids is 1. The highest BCUT2D eigenvalue weighted by Crippen LogP contribution is 2.14. The molecule has 0 radical (unpaired) electrons. The van der Waals surface area contributed by atoms with Crippen molar-refractivity contribution in [2.24, 2.45) is 0 Å². The summed E-state index contributed by atoms with van der Waals surface area (Å²) in [5, 5.41) is 2.68. The van der Waals surface area contributed by atoms with Gasteiger partial charge in [0.15, 0.2) is 0 Å². The Morgan fingerprint density at radius 1 is 1.24 bits per heavy atom. The molecule has 1 aromatic carbocycles. The highest BCUT2D eigenvalue weighted by Gasteiger charge is 2.15. The highest BCUT2D eigenvalue weighted by molar-refractivity contribution is 5.94. The smallest absolute Gasteiger partial charge is 0.252 e. The average Bonchev–Trinajstić information content (AvgIpc) is 2.57. The van der Waals surface area contributed by atoms with E-state index in [4.69, 9.17) is 4.74 Å². The second kappa shape index (κ2) is 8.53. The number of aromatic nitrogens is 1. The maximum atomic E-state index is 13.7. The van der Waals surface area contributed by atoms with Crippen molar-refractivity contribution in [2.75, 3.05) is 13.7 Å². The molecule has 0 saturated heterocycles. The molecular weight excluding hydrogens is 330 g/mol. The van der Waals surface area contributed by atoms with E-state index in [1.807, 2.05) is 0 Å². The van der Waals surface area contributed by atoms with Crippen molar-refractivity contribution in [3.63, 3.8) is 0 Å². The lowest BCUT2D eigenvalue weighted by molar-refractivity contribution is 0.0938. The van der Waals surface area contributed by atoms with E-state index in [2.05, 4.69) is 5.32 Å². The fraction of sp³-hybridized carbons (Fsp3) is 0.333. The molecule has 0 bridgehead atoms. The van der Waals surface area contributed by atoms with Crippen LogP contribution in [0.4, 0.5) is 8.78 Å². The van der Waals surface area contributed by atoms with Gasteiger partial charge in [0.25, 0.3) is 11.5 Å². The summed E-state index contributed by atoms with van der Waals surface area (Å²) < 4.78 is 33.7. The molecule has 7 heteroatoms. The summed E-state index contributed by atoms with van der Waals surface area (Å²) in [5.74, 6) is -1.71. The summed E-state index contributed by atoms with van der Waals surface area (Å²) in [4.78, 5) is 24.0. The normalized spacial score (nSPS) is 12.0. The minimum absolute atomic E-state index is 0.0214. The first-order valence-electron chi connectivity index (χ1n) is 7.85. The van der Waals surface area contributed by atoms with E-state index in [-0.39, 0.29) is 23.1 Å². The molecule has 0 aliphatic rings. The first-order valence-corrected chi connectivity index (χ1v) is 7.85. The van der Waals surface area contributed by atoms with Crippen LogP contribution in [-0.2, 0) is 17.7 Å². The van der Waals surface area contributed by atoms with Gasteiger partial charge < -0.3 is 14.6 Å². The van der Waals surface area contributed by atoms with Gasteiger partial charge in [-0.1, -0.05) is 6.07 Å². The lowest BCUT2D eigenvalue weighted by Gasteiger charge is -2.15. The Kier molecular flexibility index (Phi) is 6.41. The molecule has 1 heterocycles. The van der Waals surface area contributed by atoms with Crippen LogP contribution in [0.25, 0.3) is 0 Å². The third kappa shape index (κ3) is 4.96. The van der Waals surface area contributed by atoms with Crippen LogP contribution >= 0.6 is 0 Å². The molecule has 2 aromatic rings. The van der Waals surface area contributed by atoms with Gasteiger partial charge in [0.05, 0.1) is 12.2 Å². The van der Waals surface area contributed by atoms with Gasteiger partial charge >= 0.3 is 0 Å². The molecule has 0 fully saturated rings. The van der Waals surface area contributed by atoms with Crippen molar-refractivity contribution in [3.8, 4) is 0 Å². The van der Waals surface area contributed by atoms with E-state index >= 15 is 0 Å². The van der Waals surface area contributed by atoms with Crippen LogP contribution in [0.3, 0.4) is 0 Å². The molecule has 0 saturated carbocycles. The Bertz CT molecular complexity index is 785. The Morgan fingerprint density at radius 2 is 1.92 bits per heavy atom. The highest BCUT2D eigenvalue weighted by atomic mass is 19.1. The van der Waals surface area contributed by atoms with Crippen LogP contribution in [0.1, 0.15) is 22.8 Å². The summed E-state index contributed by atoms with van der Waals surface area (Å²) in [7, 11) is 1.52. The number of carbonyl (C=O) groups is 1. The lowest BCUT2D eigenvalue weighted by Crippen LogP contribution is -2.35. The van der Waals surface area contributed by atoms with Gasteiger partial charge in [-0.2, -0.15) is 0 Å². The zero-order valence-electron chi connectivity index (χ0n) is 14.1. The maximum Gasteiger partial charge on any atom is 0.252 e. The number of methoxy groups -OCH3 is 1. The minimum atomic E-state index is -0.644. The lowest BCUT2D eigenvalue weighted by atomic mass is 10.1. The van der Waals surface area contributed by atoms with Gasteiger partial charge in [0.2, 0.25) is 0 Å². The summed E-state index contributed by atoms with van der Waals surface area (Å²) in [5.41, 5.74) is -0.0213. The van der Waals surface area contributed by atoms with Crippen LogP contribution in [0.5, 0.6) is 0 Å². The van der Waals surface area contributed by atoms with Gasteiger partial charge in [0.1, 0.15) is 11.6 Å². The molecule has 1 amide bonds. The summed E-state index contributed by atoms with van der Waals surface area (Å²) >= 11 is 0. The maximum absolute atomic E-state index is 13.7. The second-order valence-corrected chi connectivity index (χ2v) is 5.72. The zero-order valence-corrected chi connectivity index (χ0v) is 14.1. The first kappa shape index (κ1) is 18.8. The van der Waals surface area contributed by atoms with Crippen molar-refractivity contribution >= 4 is 5.91 Å². The molecular formula is C18H20F2N2O3. The number of rotatable bonds is 7. The van der Waals surface area contributed by atoms with Crippen molar-refractivity contribution in [1.82, 2.24) is 9.88 Å². The number of benzene rings is 1. The van der Waals surface area contributed by atoms with E-state index in [0.29, 0.717) is 13.2 Å². The SMILES string of the molecule is COCCn1cc(C(=O)N[C@@H](C)Cc2c(F)cccc2F)ccc1=O. The van der Waals surface area contributed by atoms with E-state index in [9.17, 15) is 18.4 Å². The molecule has 1 aromatic heterocycles. The Hall–Kier alpha value is -2.54. The number of hydrogen-bond donors (Lipinski definition) is 1. The predicted octanol–water partition coefficient (Wildman–Crippen LogP) is 2.13. The number of pyridine rings is 1. The van der Waals surface area contributed by atoms with Crippen molar-refractivity contribution in [1.29, 1.82) is 0 Å².